The predicted octanol–water partition coefficient (Wildman–Crippen LogP) is 3.49. The number of rotatable bonds is 4. The predicted molar refractivity (Wildman–Crippen MR) is 85.3 cm³/mol. The second kappa shape index (κ2) is 6.48. The molecule has 0 aromatic heterocycles. The lowest BCUT2D eigenvalue weighted by Crippen LogP contribution is -2.21. The topological polar surface area (TPSA) is 52.6 Å². The maximum atomic E-state index is 12.6. The van der Waals surface area contributed by atoms with Crippen molar-refractivity contribution in [2.24, 2.45) is 0 Å². The molecular formula is C19H16O4. The number of benzene rings is 2. The van der Waals surface area contributed by atoms with Crippen LogP contribution in [0.25, 0.3) is 0 Å². The molecule has 4 heteroatoms. The summed E-state index contributed by atoms with van der Waals surface area (Å²) in [7, 11) is 1.32. The Labute approximate surface area is 134 Å². The summed E-state index contributed by atoms with van der Waals surface area (Å²) in [5.41, 5.74) is 1.80. The summed E-state index contributed by atoms with van der Waals surface area (Å²) >= 11 is 0. The molecular weight excluding hydrogens is 292 g/mol. The third-order valence-corrected chi connectivity index (χ3v) is 3.89. The Bertz CT molecular complexity index is 762. The van der Waals surface area contributed by atoms with E-state index in [2.05, 4.69) is 0 Å². The van der Waals surface area contributed by atoms with E-state index in [0.29, 0.717) is 16.9 Å². The molecule has 3 rings (SSSR count). The van der Waals surface area contributed by atoms with Crippen molar-refractivity contribution in [3.8, 4) is 5.75 Å². The van der Waals surface area contributed by atoms with Crippen LogP contribution in [0.15, 0.2) is 66.4 Å². The van der Waals surface area contributed by atoms with Crippen molar-refractivity contribution in [2.75, 3.05) is 7.11 Å². The molecule has 116 valence electrons. The fraction of sp³-hybridized carbons (Fsp3) is 0.158. The highest BCUT2D eigenvalue weighted by Gasteiger charge is 2.31. The van der Waals surface area contributed by atoms with Gasteiger partial charge < -0.3 is 9.47 Å². The van der Waals surface area contributed by atoms with E-state index in [1.807, 2.05) is 42.5 Å². The molecule has 2 aromatic carbocycles. The van der Waals surface area contributed by atoms with E-state index in [0.717, 1.165) is 5.56 Å². The van der Waals surface area contributed by atoms with Crippen LogP contribution >= 0.6 is 0 Å². The van der Waals surface area contributed by atoms with E-state index in [1.54, 1.807) is 12.1 Å². The molecule has 0 spiro atoms. The minimum absolute atomic E-state index is 0.0258. The Kier molecular flexibility index (Phi) is 4.24. The third-order valence-electron chi connectivity index (χ3n) is 3.89. The first-order valence-electron chi connectivity index (χ1n) is 7.33. The van der Waals surface area contributed by atoms with Gasteiger partial charge >= 0.3 is 5.97 Å². The minimum atomic E-state index is -0.481. The molecule has 1 unspecified atom stereocenters. The fourth-order valence-electron chi connectivity index (χ4n) is 2.71. The normalized spacial score (nSPS) is 15.9. The quantitative estimate of drug-likeness (QED) is 0.641. The maximum Gasteiger partial charge on any atom is 0.337 e. The molecule has 0 radical (unpaired) electrons. The molecule has 0 bridgehead atoms. The number of ether oxygens (including phenoxy) is 2. The summed E-state index contributed by atoms with van der Waals surface area (Å²) in [6.45, 7) is 0. The molecule has 1 atom stereocenters. The second-order valence-electron chi connectivity index (χ2n) is 5.27. The summed E-state index contributed by atoms with van der Waals surface area (Å²) < 4.78 is 10.3. The van der Waals surface area contributed by atoms with Crippen molar-refractivity contribution in [3.05, 3.63) is 77.6 Å². The number of methoxy groups -OCH3 is 1. The summed E-state index contributed by atoms with van der Waals surface area (Å²) in [6, 6.07) is 16.5. The molecule has 1 heterocycles. The highest BCUT2D eigenvalue weighted by molar-refractivity contribution is 5.99. The van der Waals surface area contributed by atoms with Crippen molar-refractivity contribution < 1.29 is 19.1 Å². The molecule has 0 aliphatic carbocycles. The molecule has 0 fully saturated rings. The SMILES string of the molecule is COC(=O)C1=COc2ccccc2C1CC(=O)c1ccccc1. The molecule has 0 saturated carbocycles. The Balaban J connectivity index is 1.94. The van der Waals surface area contributed by atoms with Gasteiger partial charge in [-0.3, -0.25) is 4.79 Å². The lowest BCUT2D eigenvalue weighted by Gasteiger charge is -2.25. The molecule has 1 aliphatic rings. The van der Waals surface area contributed by atoms with Gasteiger partial charge in [-0.2, -0.15) is 0 Å². The zero-order chi connectivity index (χ0) is 16.2. The zero-order valence-corrected chi connectivity index (χ0v) is 12.7. The van der Waals surface area contributed by atoms with Gasteiger partial charge in [0.2, 0.25) is 0 Å². The van der Waals surface area contributed by atoms with Crippen LogP contribution in [0.3, 0.4) is 0 Å². The van der Waals surface area contributed by atoms with Crippen LogP contribution in [0.4, 0.5) is 0 Å². The van der Waals surface area contributed by atoms with Crippen LogP contribution < -0.4 is 4.74 Å². The average Bonchev–Trinajstić information content (AvgIpc) is 2.62. The molecule has 0 N–H and O–H groups in total. The number of hydrogen-bond acceptors (Lipinski definition) is 4. The van der Waals surface area contributed by atoms with Crippen molar-refractivity contribution in [1.29, 1.82) is 0 Å². The van der Waals surface area contributed by atoms with Gasteiger partial charge in [-0.15, -0.1) is 0 Å². The van der Waals surface area contributed by atoms with Crippen LogP contribution in [-0.2, 0) is 9.53 Å². The first-order chi connectivity index (χ1) is 11.2. The maximum absolute atomic E-state index is 12.6. The number of ketones is 1. The van der Waals surface area contributed by atoms with Gasteiger partial charge in [0.25, 0.3) is 0 Å². The van der Waals surface area contributed by atoms with Gasteiger partial charge in [0, 0.05) is 23.5 Å². The molecule has 23 heavy (non-hydrogen) atoms. The van der Waals surface area contributed by atoms with Gasteiger partial charge in [-0.25, -0.2) is 4.79 Å². The van der Waals surface area contributed by atoms with Gasteiger partial charge in [-0.1, -0.05) is 48.5 Å². The second-order valence-corrected chi connectivity index (χ2v) is 5.27. The molecule has 0 saturated heterocycles. The van der Waals surface area contributed by atoms with E-state index >= 15 is 0 Å². The summed E-state index contributed by atoms with van der Waals surface area (Å²) in [5.74, 6) is -0.224. The number of carbonyl (C=O) groups excluding carboxylic acids is 2. The Morgan fingerprint density at radius 2 is 1.74 bits per heavy atom. The van der Waals surface area contributed by atoms with Gasteiger partial charge in [0.15, 0.2) is 5.78 Å². The van der Waals surface area contributed by atoms with E-state index in [4.69, 9.17) is 9.47 Å². The number of Topliss-reactive ketones (excluding diaryl/α,β-unsaturated/α-hetero) is 1. The highest BCUT2D eigenvalue weighted by Crippen LogP contribution is 2.39. The zero-order valence-electron chi connectivity index (χ0n) is 12.7. The van der Waals surface area contributed by atoms with Gasteiger partial charge in [0.1, 0.15) is 12.0 Å². The summed E-state index contributed by atoms with van der Waals surface area (Å²) in [4.78, 5) is 24.6. The Morgan fingerprint density at radius 3 is 2.48 bits per heavy atom. The van der Waals surface area contributed by atoms with Gasteiger partial charge in [-0.05, 0) is 6.07 Å². The minimum Gasteiger partial charge on any atom is -0.466 e. The van der Waals surface area contributed by atoms with E-state index in [9.17, 15) is 9.59 Å². The van der Waals surface area contributed by atoms with Gasteiger partial charge in [0.05, 0.1) is 12.7 Å². The first-order valence-corrected chi connectivity index (χ1v) is 7.33. The van der Waals surface area contributed by atoms with Crippen LogP contribution in [0.2, 0.25) is 0 Å². The van der Waals surface area contributed by atoms with Crippen LogP contribution in [0.5, 0.6) is 5.75 Å². The van der Waals surface area contributed by atoms with Crippen molar-refractivity contribution in [2.45, 2.75) is 12.3 Å². The average molecular weight is 308 g/mol. The standard InChI is InChI=1S/C19H16O4/c1-22-19(21)16-12-23-18-10-6-5-9-14(18)15(16)11-17(20)13-7-3-2-4-8-13/h2-10,12,15H,11H2,1H3. The number of carbonyl (C=O) groups is 2. The van der Waals surface area contributed by atoms with Crippen LogP contribution in [-0.4, -0.2) is 18.9 Å². The first kappa shape index (κ1) is 15.0. The lowest BCUT2D eigenvalue weighted by atomic mass is 9.84. The largest absolute Gasteiger partial charge is 0.466 e. The smallest absolute Gasteiger partial charge is 0.337 e. The van der Waals surface area contributed by atoms with E-state index in [1.165, 1.54) is 13.4 Å². The Hall–Kier alpha value is -2.88. The van der Waals surface area contributed by atoms with Crippen molar-refractivity contribution in [1.82, 2.24) is 0 Å². The highest BCUT2D eigenvalue weighted by atomic mass is 16.5. The van der Waals surface area contributed by atoms with Crippen LogP contribution in [0, 0.1) is 0 Å². The summed E-state index contributed by atoms with van der Waals surface area (Å²) in [6.07, 6.45) is 1.57. The number of hydrogen-bond donors (Lipinski definition) is 0. The number of fused-ring (bicyclic) bond motifs is 1. The third kappa shape index (κ3) is 3.01. The monoisotopic (exact) mass is 308 g/mol. The molecule has 0 amide bonds. The molecule has 4 nitrogen and oxygen atoms in total. The fourth-order valence-corrected chi connectivity index (χ4v) is 2.71. The lowest BCUT2D eigenvalue weighted by molar-refractivity contribution is -0.136. The molecule has 1 aliphatic heterocycles. The van der Waals surface area contributed by atoms with Crippen molar-refractivity contribution >= 4 is 11.8 Å². The molecule has 2 aromatic rings. The van der Waals surface area contributed by atoms with E-state index < -0.39 is 5.97 Å². The van der Waals surface area contributed by atoms with Crippen molar-refractivity contribution in [3.63, 3.8) is 0 Å². The number of esters is 1. The van der Waals surface area contributed by atoms with E-state index in [-0.39, 0.29) is 18.1 Å². The van der Waals surface area contributed by atoms with Crippen LogP contribution in [0.1, 0.15) is 28.3 Å². The Morgan fingerprint density at radius 1 is 1.04 bits per heavy atom. The summed E-state index contributed by atoms with van der Waals surface area (Å²) in [5, 5.41) is 0. The number of para-hydroxylation sites is 1.